The molecular formula is C15H27NO2. The van der Waals surface area contributed by atoms with Crippen molar-refractivity contribution in [1.29, 1.82) is 0 Å². The molecule has 0 aromatic heterocycles. The molecule has 0 spiro atoms. The normalized spacial score (nSPS) is 28.8. The number of esters is 1. The van der Waals surface area contributed by atoms with E-state index in [2.05, 4.69) is 18.8 Å². The fraction of sp³-hybridized carbons (Fsp3) is 0.800. The number of hydrogen-bond acceptors (Lipinski definition) is 3. The molecule has 1 saturated heterocycles. The summed E-state index contributed by atoms with van der Waals surface area (Å²) in [6.07, 6.45) is 5.46. The molecule has 3 nitrogen and oxygen atoms in total. The number of piperidine rings is 1. The van der Waals surface area contributed by atoms with Gasteiger partial charge >= 0.3 is 5.97 Å². The molecular weight excluding hydrogens is 226 g/mol. The van der Waals surface area contributed by atoms with Crippen LogP contribution in [0, 0.1) is 5.41 Å². The average Bonchev–Trinajstić information content (AvgIpc) is 2.13. The first-order chi connectivity index (χ1) is 8.24. The molecule has 1 rings (SSSR count). The topological polar surface area (TPSA) is 38.3 Å². The lowest BCUT2D eigenvalue weighted by molar-refractivity contribution is -0.158. The summed E-state index contributed by atoms with van der Waals surface area (Å²) in [5.74, 6) is -0.0794. The molecule has 0 radical (unpaired) electrons. The highest BCUT2D eigenvalue weighted by Crippen LogP contribution is 2.35. The number of hydrogen-bond donors (Lipinski definition) is 1. The van der Waals surface area contributed by atoms with Gasteiger partial charge in [0.05, 0.1) is 6.42 Å². The molecule has 104 valence electrons. The van der Waals surface area contributed by atoms with Gasteiger partial charge in [0.1, 0.15) is 5.60 Å². The van der Waals surface area contributed by atoms with Gasteiger partial charge in [0, 0.05) is 6.04 Å². The smallest absolute Gasteiger partial charge is 0.306 e. The Kier molecular flexibility index (Phi) is 4.97. The zero-order valence-electron chi connectivity index (χ0n) is 12.2. The first-order valence-corrected chi connectivity index (χ1v) is 6.80. The molecule has 0 aromatic carbocycles. The molecule has 0 bridgehead atoms. The van der Waals surface area contributed by atoms with Crippen LogP contribution in [0.1, 0.15) is 53.4 Å². The van der Waals surface area contributed by atoms with Crippen LogP contribution >= 0.6 is 0 Å². The van der Waals surface area contributed by atoms with Crippen molar-refractivity contribution in [1.82, 2.24) is 5.32 Å². The fourth-order valence-electron chi connectivity index (χ4n) is 2.60. The molecule has 1 aliphatic heterocycles. The van der Waals surface area contributed by atoms with Crippen molar-refractivity contribution in [3.05, 3.63) is 12.7 Å². The largest absolute Gasteiger partial charge is 0.460 e. The third-order valence-electron chi connectivity index (χ3n) is 3.34. The van der Waals surface area contributed by atoms with Crippen molar-refractivity contribution in [3.8, 4) is 0 Å². The summed E-state index contributed by atoms with van der Waals surface area (Å²) in [6, 6.07) is 0.448. The van der Waals surface area contributed by atoms with Crippen molar-refractivity contribution in [3.63, 3.8) is 0 Å². The second kappa shape index (κ2) is 5.87. The van der Waals surface area contributed by atoms with Gasteiger partial charge in [-0.15, -0.1) is 6.58 Å². The lowest BCUT2D eigenvalue weighted by Gasteiger charge is -2.38. The van der Waals surface area contributed by atoms with Crippen LogP contribution in [0.4, 0.5) is 0 Å². The Morgan fingerprint density at radius 3 is 2.78 bits per heavy atom. The number of rotatable bonds is 4. The zero-order chi connectivity index (χ0) is 13.8. The van der Waals surface area contributed by atoms with Gasteiger partial charge in [0.15, 0.2) is 0 Å². The second-order valence-corrected chi connectivity index (χ2v) is 6.70. The van der Waals surface area contributed by atoms with Gasteiger partial charge in [0.25, 0.3) is 0 Å². The molecule has 1 aliphatic rings. The van der Waals surface area contributed by atoms with Crippen molar-refractivity contribution in [2.75, 3.05) is 6.54 Å². The Balaban J connectivity index is 2.53. The van der Waals surface area contributed by atoms with Crippen LogP contribution < -0.4 is 5.32 Å². The molecule has 3 heteroatoms. The fourth-order valence-corrected chi connectivity index (χ4v) is 2.60. The Morgan fingerprint density at radius 2 is 2.22 bits per heavy atom. The van der Waals surface area contributed by atoms with Crippen molar-refractivity contribution in [2.24, 2.45) is 5.41 Å². The lowest BCUT2D eigenvalue weighted by atomic mass is 9.74. The van der Waals surface area contributed by atoms with E-state index in [1.807, 2.05) is 26.8 Å². The summed E-state index contributed by atoms with van der Waals surface area (Å²) in [5.41, 5.74) is -0.331. The molecule has 2 atom stereocenters. The molecule has 18 heavy (non-hydrogen) atoms. The molecule has 1 N–H and O–H groups in total. The van der Waals surface area contributed by atoms with Crippen LogP contribution in [0.5, 0.6) is 0 Å². The van der Waals surface area contributed by atoms with E-state index in [0.29, 0.717) is 12.5 Å². The van der Waals surface area contributed by atoms with Crippen LogP contribution in [0.15, 0.2) is 12.7 Å². The van der Waals surface area contributed by atoms with Crippen molar-refractivity contribution < 1.29 is 9.53 Å². The van der Waals surface area contributed by atoms with Crippen molar-refractivity contribution >= 4 is 5.97 Å². The third kappa shape index (κ3) is 5.21. The Labute approximate surface area is 111 Å². The lowest BCUT2D eigenvalue weighted by Crippen LogP contribution is -2.44. The number of carbonyl (C=O) groups is 1. The van der Waals surface area contributed by atoms with Crippen LogP contribution in [-0.2, 0) is 9.53 Å². The SMILES string of the molecule is C=CC[C@H]1CC(C)(CC(=O)OC(C)(C)C)CCN1. The van der Waals surface area contributed by atoms with E-state index in [9.17, 15) is 4.79 Å². The van der Waals surface area contributed by atoms with Gasteiger partial charge in [-0.05, 0) is 52.0 Å². The standard InChI is InChI=1S/C15H27NO2/c1-6-7-12-10-15(5,8-9-16-12)11-13(17)18-14(2,3)4/h6,12,16H,1,7-11H2,2-5H3/t12-,15?/m0/s1. The zero-order valence-corrected chi connectivity index (χ0v) is 12.2. The molecule has 1 fully saturated rings. The summed E-state index contributed by atoms with van der Waals surface area (Å²) >= 11 is 0. The maximum absolute atomic E-state index is 11.9. The first-order valence-electron chi connectivity index (χ1n) is 6.80. The van der Waals surface area contributed by atoms with Gasteiger partial charge in [-0.2, -0.15) is 0 Å². The Morgan fingerprint density at radius 1 is 1.56 bits per heavy atom. The summed E-state index contributed by atoms with van der Waals surface area (Å²) in [4.78, 5) is 11.9. The predicted molar refractivity (Wildman–Crippen MR) is 74.4 cm³/mol. The highest BCUT2D eigenvalue weighted by Gasteiger charge is 2.34. The molecule has 0 saturated carbocycles. The summed E-state index contributed by atoms with van der Waals surface area (Å²) in [6.45, 7) is 12.7. The van der Waals surface area contributed by atoms with E-state index < -0.39 is 0 Å². The van der Waals surface area contributed by atoms with E-state index in [4.69, 9.17) is 4.74 Å². The average molecular weight is 253 g/mol. The van der Waals surface area contributed by atoms with E-state index in [-0.39, 0.29) is 17.0 Å². The maximum atomic E-state index is 11.9. The highest BCUT2D eigenvalue weighted by atomic mass is 16.6. The van der Waals surface area contributed by atoms with Crippen LogP contribution in [-0.4, -0.2) is 24.2 Å². The first kappa shape index (κ1) is 15.2. The molecule has 0 aliphatic carbocycles. The monoisotopic (exact) mass is 253 g/mol. The number of ether oxygens (including phenoxy) is 1. The Hall–Kier alpha value is -0.830. The molecule has 1 heterocycles. The van der Waals surface area contributed by atoms with Crippen LogP contribution in [0.2, 0.25) is 0 Å². The van der Waals surface area contributed by atoms with E-state index in [0.717, 1.165) is 25.8 Å². The van der Waals surface area contributed by atoms with E-state index in [1.165, 1.54) is 0 Å². The predicted octanol–water partition coefficient (Wildman–Crippen LogP) is 3.05. The quantitative estimate of drug-likeness (QED) is 0.618. The minimum Gasteiger partial charge on any atom is -0.460 e. The van der Waals surface area contributed by atoms with Gasteiger partial charge in [-0.25, -0.2) is 0 Å². The van der Waals surface area contributed by atoms with Crippen molar-refractivity contribution in [2.45, 2.75) is 65.0 Å². The number of carbonyl (C=O) groups excluding carboxylic acids is 1. The summed E-state index contributed by atoms with van der Waals surface area (Å²) in [7, 11) is 0. The minimum absolute atomic E-state index is 0.0568. The molecule has 0 aromatic rings. The van der Waals surface area contributed by atoms with Gasteiger partial charge < -0.3 is 10.1 Å². The van der Waals surface area contributed by atoms with E-state index in [1.54, 1.807) is 0 Å². The minimum atomic E-state index is -0.388. The second-order valence-electron chi connectivity index (χ2n) is 6.70. The van der Waals surface area contributed by atoms with Crippen LogP contribution in [0.25, 0.3) is 0 Å². The summed E-state index contributed by atoms with van der Waals surface area (Å²) < 4.78 is 5.42. The third-order valence-corrected chi connectivity index (χ3v) is 3.34. The highest BCUT2D eigenvalue weighted by molar-refractivity contribution is 5.70. The van der Waals surface area contributed by atoms with E-state index >= 15 is 0 Å². The molecule has 1 unspecified atom stereocenters. The molecule has 0 amide bonds. The Bertz CT molecular complexity index is 306. The van der Waals surface area contributed by atoms with Gasteiger partial charge in [0.2, 0.25) is 0 Å². The van der Waals surface area contributed by atoms with Gasteiger partial charge in [-0.3, -0.25) is 4.79 Å². The van der Waals surface area contributed by atoms with Crippen LogP contribution in [0.3, 0.4) is 0 Å². The summed E-state index contributed by atoms with van der Waals surface area (Å²) in [5, 5.41) is 3.47. The maximum Gasteiger partial charge on any atom is 0.306 e. The van der Waals surface area contributed by atoms with Gasteiger partial charge in [-0.1, -0.05) is 13.0 Å². The number of nitrogens with one attached hydrogen (secondary N) is 1.